The van der Waals surface area contributed by atoms with E-state index in [0.29, 0.717) is 23.4 Å². The molecule has 0 bridgehead atoms. The molecule has 19 heavy (non-hydrogen) atoms. The summed E-state index contributed by atoms with van der Waals surface area (Å²) >= 11 is 6.18. The molecule has 0 fully saturated rings. The highest BCUT2D eigenvalue weighted by Gasteiger charge is 2.19. The average Bonchev–Trinajstić information content (AvgIpc) is 2.30. The predicted molar refractivity (Wildman–Crippen MR) is 78.0 cm³/mol. The molecule has 0 amide bonds. The van der Waals surface area contributed by atoms with Crippen LogP contribution in [0.15, 0.2) is 18.2 Å². The molecule has 0 aliphatic heterocycles. The Morgan fingerprint density at radius 3 is 2.63 bits per heavy atom. The van der Waals surface area contributed by atoms with Crippen molar-refractivity contribution in [3.05, 3.63) is 40.3 Å². The van der Waals surface area contributed by atoms with E-state index in [0.717, 1.165) is 16.8 Å². The third-order valence-electron chi connectivity index (χ3n) is 3.26. The summed E-state index contributed by atoms with van der Waals surface area (Å²) in [6, 6.07) is 4.72. The molecule has 2 nitrogen and oxygen atoms in total. The maximum absolute atomic E-state index is 13.7. The van der Waals surface area contributed by atoms with E-state index < -0.39 is 0 Å². The van der Waals surface area contributed by atoms with Gasteiger partial charge in [-0.3, -0.25) is 4.98 Å². The second kappa shape index (κ2) is 5.06. The van der Waals surface area contributed by atoms with Crippen LogP contribution in [0.25, 0.3) is 10.9 Å². The van der Waals surface area contributed by atoms with Gasteiger partial charge < -0.3 is 5.73 Å². The van der Waals surface area contributed by atoms with E-state index in [1.807, 2.05) is 6.92 Å². The number of pyridine rings is 1. The Morgan fingerprint density at radius 2 is 2.00 bits per heavy atom. The van der Waals surface area contributed by atoms with Gasteiger partial charge in [-0.05, 0) is 49.1 Å². The standard InChI is InChI=1S/C15H18ClFN2/c1-9-4-13(16)12-6-11(17)5-10(14(12)19-9)7-15(2,3)8-18/h4-6H,7-8,18H2,1-3H3. The number of aromatic nitrogens is 1. The van der Waals surface area contributed by atoms with Gasteiger partial charge in [0.2, 0.25) is 0 Å². The number of fused-ring (bicyclic) bond motifs is 1. The van der Waals surface area contributed by atoms with Crippen LogP contribution in [0.5, 0.6) is 0 Å². The maximum atomic E-state index is 13.7. The molecule has 0 aliphatic rings. The van der Waals surface area contributed by atoms with Crippen molar-refractivity contribution in [2.75, 3.05) is 6.54 Å². The molecule has 1 aromatic carbocycles. The number of hydrogen-bond donors (Lipinski definition) is 1. The fraction of sp³-hybridized carbons (Fsp3) is 0.400. The Labute approximate surface area is 117 Å². The Bertz CT molecular complexity index is 623. The molecule has 0 unspecified atom stereocenters. The van der Waals surface area contributed by atoms with E-state index in [1.165, 1.54) is 12.1 Å². The average molecular weight is 281 g/mol. The van der Waals surface area contributed by atoms with Crippen molar-refractivity contribution in [3.8, 4) is 0 Å². The number of nitrogens with zero attached hydrogens (tertiary/aromatic N) is 1. The van der Waals surface area contributed by atoms with Gasteiger partial charge in [-0.2, -0.15) is 0 Å². The first-order valence-electron chi connectivity index (χ1n) is 6.28. The second-order valence-electron chi connectivity index (χ2n) is 5.75. The van der Waals surface area contributed by atoms with Crippen LogP contribution in [-0.4, -0.2) is 11.5 Å². The van der Waals surface area contributed by atoms with E-state index in [1.54, 1.807) is 6.07 Å². The van der Waals surface area contributed by atoms with Crippen LogP contribution in [-0.2, 0) is 6.42 Å². The predicted octanol–water partition coefficient (Wildman–Crippen LogP) is 3.86. The quantitative estimate of drug-likeness (QED) is 0.927. The molecule has 102 valence electrons. The molecule has 2 N–H and O–H groups in total. The number of benzene rings is 1. The zero-order chi connectivity index (χ0) is 14.2. The van der Waals surface area contributed by atoms with Gasteiger partial charge >= 0.3 is 0 Å². The van der Waals surface area contributed by atoms with Gasteiger partial charge in [-0.1, -0.05) is 25.4 Å². The summed E-state index contributed by atoms with van der Waals surface area (Å²) in [6.45, 7) is 6.53. The molecule has 0 saturated carbocycles. The van der Waals surface area contributed by atoms with E-state index in [4.69, 9.17) is 17.3 Å². The lowest BCUT2D eigenvalue weighted by atomic mass is 9.85. The fourth-order valence-corrected chi connectivity index (χ4v) is 2.46. The number of aryl methyl sites for hydroxylation is 1. The Morgan fingerprint density at radius 1 is 1.32 bits per heavy atom. The van der Waals surface area contributed by atoms with Crippen LogP contribution in [0.2, 0.25) is 5.02 Å². The first kappa shape index (κ1) is 14.2. The summed E-state index contributed by atoms with van der Waals surface area (Å²) in [6.07, 6.45) is 0.671. The molecule has 2 rings (SSSR count). The Balaban J connectivity index is 2.66. The topological polar surface area (TPSA) is 38.9 Å². The summed E-state index contributed by atoms with van der Waals surface area (Å²) in [4.78, 5) is 4.50. The molecule has 4 heteroatoms. The van der Waals surface area contributed by atoms with E-state index in [-0.39, 0.29) is 11.2 Å². The summed E-state index contributed by atoms with van der Waals surface area (Å²) < 4.78 is 13.7. The first-order chi connectivity index (χ1) is 8.82. The molecule has 2 aromatic rings. The SMILES string of the molecule is Cc1cc(Cl)c2cc(F)cc(CC(C)(C)CN)c2n1. The molecule has 0 aliphatic carbocycles. The number of hydrogen-bond acceptors (Lipinski definition) is 2. The lowest BCUT2D eigenvalue weighted by Crippen LogP contribution is -2.26. The van der Waals surface area contributed by atoms with Crippen molar-refractivity contribution in [2.45, 2.75) is 27.2 Å². The summed E-state index contributed by atoms with van der Waals surface area (Å²) in [5.74, 6) is -0.289. The molecule has 0 atom stereocenters. The normalized spacial score (nSPS) is 12.1. The largest absolute Gasteiger partial charge is 0.330 e. The molecule has 0 radical (unpaired) electrons. The lowest BCUT2D eigenvalue weighted by molar-refractivity contribution is 0.377. The van der Waals surface area contributed by atoms with Gasteiger partial charge in [-0.15, -0.1) is 0 Å². The van der Waals surface area contributed by atoms with Crippen molar-refractivity contribution in [3.63, 3.8) is 0 Å². The van der Waals surface area contributed by atoms with Crippen LogP contribution in [0.3, 0.4) is 0 Å². The van der Waals surface area contributed by atoms with Crippen molar-refractivity contribution < 1.29 is 4.39 Å². The monoisotopic (exact) mass is 280 g/mol. The third-order valence-corrected chi connectivity index (χ3v) is 3.57. The van der Waals surface area contributed by atoms with Crippen LogP contribution >= 0.6 is 11.6 Å². The molecule has 1 aromatic heterocycles. The highest BCUT2D eigenvalue weighted by Crippen LogP contribution is 2.30. The smallest absolute Gasteiger partial charge is 0.124 e. The van der Waals surface area contributed by atoms with Gasteiger partial charge in [0.1, 0.15) is 5.82 Å². The van der Waals surface area contributed by atoms with Crippen molar-refractivity contribution in [1.29, 1.82) is 0 Å². The highest BCUT2D eigenvalue weighted by molar-refractivity contribution is 6.35. The van der Waals surface area contributed by atoms with Gasteiger partial charge in [0, 0.05) is 11.1 Å². The lowest BCUT2D eigenvalue weighted by Gasteiger charge is -2.23. The minimum absolute atomic E-state index is 0.0986. The molecular formula is C15H18ClFN2. The van der Waals surface area contributed by atoms with Crippen molar-refractivity contribution in [2.24, 2.45) is 11.1 Å². The van der Waals surface area contributed by atoms with Gasteiger partial charge in [0.05, 0.1) is 10.5 Å². The summed E-state index contributed by atoms with van der Waals surface area (Å²) in [5.41, 5.74) is 8.12. The number of halogens is 2. The molecule has 0 spiro atoms. The first-order valence-corrected chi connectivity index (χ1v) is 6.65. The van der Waals surface area contributed by atoms with E-state index in [2.05, 4.69) is 18.8 Å². The molecule has 1 heterocycles. The second-order valence-corrected chi connectivity index (χ2v) is 6.16. The minimum atomic E-state index is -0.289. The maximum Gasteiger partial charge on any atom is 0.124 e. The fourth-order valence-electron chi connectivity index (χ4n) is 2.16. The summed E-state index contributed by atoms with van der Waals surface area (Å²) in [7, 11) is 0. The van der Waals surface area contributed by atoms with Crippen LogP contribution < -0.4 is 5.73 Å². The zero-order valence-electron chi connectivity index (χ0n) is 11.4. The van der Waals surface area contributed by atoms with E-state index in [9.17, 15) is 4.39 Å². The molecular weight excluding hydrogens is 263 g/mol. The van der Waals surface area contributed by atoms with Gasteiger partial charge in [-0.25, -0.2) is 4.39 Å². The summed E-state index contributed by atoms with van der Waals surface area (Å²) in [5, 5.41) is 1.20. The van der Waals surface area contributed by atoms with E-state index >= 15 is 0 Å². The van der Waals surface area contributed by atoms with Crippen LogP contribution in [0, 0.1) is 18.2 Å². The van der Waals surface area contributed by atoms with Crippen molar-refractivity contribution in [1.82, 2.24) is 4.98 Å². The van der Waals surface area contributed by atoms with Crippen molar-refractivity contribution >= 4 is 22.5 Å². The number of nitrogens with two attached hydrogens (primary N) is 1. The highest BCUT2D eigenvalue weighted by atomic mass is 35.5. The number of rotatable bonds is 3. The zero-order valence-corrected chi connectivity index (χ0v) is 12.2. The van der Waals surface area contributed by atoms with Gasteiger partial charge in [0.15, 0.2) is 0 Å². The third kappa shape index (κ3) is 3.04. The Kier molecular flexibility index (Phi) is 3.79. The van der Waals surface area contributed by atoms with Crippen LogP contribution in [0.1, 0.15) is 25.1 Å². The molecule has 0 saturated heterocycles. The Hall–Kier alpha value is -1.19. The minimum Gasteiger partial charge on any atom is -0.330 e. The van der Waals surface area contributed by atoms with Crippen LogP contribution in [0.4, 0.5) is 4.39 Å². The van der Waals surface area contributed by atoms with Gasteiger partial charge in [0.25, 0.3) is 0 Å².